The van der Waals surface area contributed by atoms with Crippen molar-refractivity contribution in [3.8, 4) is 11.6 Å². The van der Waals surface area contributed by atoms with Crippen molar-refractivity contribution in [1.82, 2.24) is 14.9 Å². The smallest absolute Gasteiger partial charge is 0.195 e. The molecule has 0 spiro atoms. The third-order valence-corrected chi connectivity index (χ3v) is 3.72. The Balaban J connectivity index is 1.56. The minimum Gasteiger partial charge on any atom is -0.461 e. The van der Waals surface area contributed by atoms with Gasteiger partial charge in [-0.2, -0.15) is 0 Å². The van der Waals surface area contributed by atoms with Gasteiger partial charge in [-0.15, -0.1) is 0 Å². The average Bonchev–Trinajstić information content (AvgIpc) is 3.08. The molecule has 0 amide bonds. The zero-order valence-electron chi connectivity index (χ0n) is 12.8. The van der Waals surface area contributed by atoms with E-state index in [4.69, 9.17) is 13.9 Å². The van der Waals surface area contributed by atoms with E-state index < -0.39 is 0 Å². The Kier molecular flexibility index (Phi) is 5.15. The molecule has 6 heteroatoms. The summed E-state index contributed by atoms with van der Waals surface area (Å²) in [6.07, 6.45) is 6.54. The van der Waals surface area contributed by atoms with Crippen LogP contribution in [0.4, 0.5) is 0 Å². The fraction of sp³-hybridized carbons (Fsp3) is 0.500. The molecule has 0 saturated carbocycles. The second kappa shape index (κ2) is 7.49. The number of rotatable bonds is 6. The van der Waals surface area contributed by atoms with Gasteiger partial charge in [0, 0.05) is 51.3 Å². The molecule has 0 N–H and O–H groups in total. The third-order valence-electron chi connectivity index (χ3n) is 3.72. The molecule has 118 valence electrons. The summed E-state index contributed by atoms with van der Waals surface area (Å²) in [6.45, 7) is 4.19. The summed E-state index contributed by atoms with van der Waals surface area (Å²) in [4.78, 5) is 11.1. The molecule has 2 aromatic rings. The molecule has 0 bridgehead atoms. The highest BCUT2D eigenvalue weighted by atomic mass is 16.5. The number of morpholine rings is 1. The zero-order chi connectivity index (χ0) is 15.2. The summed E-state index contributed by atoms with van der Waals surface area (Å²) in [5, 5.41) is 0. The molecule has 1 saturated heterocycles. The lowest BCUT2D eigenvalue weighted by Gasteiger charge is -2.32. The summed E-state index contributed by atoms with van der Waals surface area (Å²) < 4.78 is 16.2. The van der Waals surface area contributed by atoms with E-state index in [2.05, 4.69) is 14.9 Å². The molecule has 22 heavy (non-hydrogen) atoms. The lowest BCUT2D eigenvalue weighted by molar-refractivity contribution is -0.0433. The molecule has 1 fully saturated rings. The van der Waals surface area contributed by atoms with Crippen molar-refractivity contribution in [3.05, 3.63) is 36.4 Å². The van der Waals surface area contributed by atoms with Crippen LogP contribution in [0.1, 0.15) is 12.0 Å². The molecule has 0 radical (unpaired) electrons. The van der Waals surface area contributed by atoms with E-state index in [0.29, 0.717) is 11.6 Å². The summed E-state index contributed by atoms with van der Waals surface area (Å²) in [6, 6.07) is 3.69. The van der Waals surface area contributed by atoms with Gasteiger partial charge < -0.3 is 13.9 Å². The van der Waals surface area contributed by atoms with Gasteiger partial charge in [0.15, 0.2) is 11.6 Å². The first-order valence-electron chi connectivity index (χ1n) is 7.53. The predicted octanol–water partition coefficient (Wildman–Crippen LogP) is 1.97. The van der Waals surface area contributed by atoms with E-state index in [1.54, 1.807) is 13.4 Å². The Bertz CT molecular complexity index is 557. The van der Waals surface area contributed by atoms with E-state index in [9.17, 15) is 0 Å². The molecule has 1 aliphatic heterocycles. The SMILES string of the molecule is COCC[C@H]1CN(Cc2cnc(-c3ccco3)nc2)CCO1. The monoisotopic (exact) mass is 303 g/mol. The van der Waals surface area contributed by atoms with Gasteiger partial charge in [-0.25, -0.2) is 9.97 Å². The van der Waals surface area contributed by atoms with Gasteiger partial charge in [0.05, 0.1) is 19.0 Å². The molecule has 1 atom stereocenters. The minimum absolute atomic E-state index is 0.247. The van der Waals surface area contributed by atoms with Crippen LogP contribution in [-0.4, -0.2) is 54.4 Å². The lowest BCUT2D eigenvalue weighted by Crippen LogP contribution is -2.42. The van der Waals surface area contributed by atoms with Crippen LogP contribution in [0.15, 0.2) is 35.2 Å². The van der Waals surface area contributed by atoms with Gasteiger partial charge in [0.2, 0.25) is 0 Å². The van der Waals surface area contributed by atoms with Gasteiger partial charge in [0.25, 0.3) is 0 Å². The van der Waals surface area contributed by atoms with Crippen LogP contribution in [0.25, 0.3) is 11.6 Å². The fourth-order valence-corrected chi connectivity index (χ4v) is 2.58. The first-order chi connectivity index (χ1) is 10.8. The normalized spacial score (nSPS) is 19.4. The molecule has 2 aromatic heterocycles. The highest BCUT2D eigenvalue weighted by Gasteiger charge is 2.20. The van der Waals surface area contributed by atoms with E-state index in [-0.39, 0.29) is 6.10 Å². The van der Waals surface area contributed by atoms with Crippen LogP contribution in [0.5, 0.6) is 0 Å². The largest absolute Gasteiger partial charge is 0.461 e. The van der Waals surface area contributed by atoms with Crippen molar-refractivity contribution in [1.29, 1.82) is 0 Å². The van der Waals surface area contributed by atoms with E-state index >= 15 is 0 Å². The van der Waals surface area contributed by atoms with Crippen LogP contribution in [-0.2, 0) is 16.0 Å². The maximum absolute atomic E-state index is 5.75. The first-order valence-corrected chi connectivity index (χ1v) is 7.53. The lowest BCUT2D eigenvalue weighted by atomic mass is 10.2. The number of methoxy groups -OCH3 is 1. The van der Waals surface area contributed by atoms with Crippen molar-refractivity contribution < 1.29 is 13.9 Å². The molecule has 1 aliphatic rings. The van der Waals surface area contributed by atoms with Crippen LogP contribution < -0.4 is 0 Å². The topological polar surface area (TPSA) is 60.6 Å². The first kappa shape index (κ1) is 15.1. The van der Waals surface area contributed by atoms with Crippen LogP contribution in [0.3, 0.4) is 0 Å². The molecule has 3 heterocycles. The van der Waals surface area contributed by atoms with Crippen LogP contribution >= 0.6 is 0 Å². The maximum Gasteiger partial charge on any atom is 0.195 e. The Labute approximate surface area is 130 Å². The molecule has 0 aliphatic carbocycles. The fourth-order valence-electron chi connectivity index (χ4n) is 2.58. The molecule has 3 rings (SSSR count). The van der Waals surface area contributed by atoms with Crippen molar-refractivity contribution in [2.24, 2.45) is 0 Å². The maximum atomic E-state index is 5.75. The second-order valence-corrected chi connectivity index (χ2v) is 5.40. The third kappa shape index (κ3) is 3.91. The van der Waals surface area contributed by atoms with E-state index in [1.807, 2.05) is 24.5 Å². The van der Waals surface area contributed by atoms with Gasteiger partial charge in [0.1, 0.15) is 0 Å². The Morgan fingerprint density at radius 2 is 2.23 bits per heavy atom. The zero-order valence-corrected chi connectivity index (χ0v) is 12.8. The van der Waals surface area contributed by atoms with E-state index in [0.717, 1.165) is 44.8 Å². The minimum atomic E-state index is 0.247. The summed E-state index contributed by atoms with van der Waals surface area (Å²) in [7, 11) is 1.72. The van der Waals surface area contributed by atoms with Crippen molar-refractivity contribution >= 4 is 0 Å². The van der Waals surface area contributed by atoms with Gasteiger partial charge in [-0.1, -0.05) is 0 Å². The number of hydrogen-bond donors (Lipinski definition) is 0. The van der Waals surface area contributed by atoms with Gasteiger partial charge in [-0.05, 0) is 18.6 Å². The molecule has 0 aromatic carbocycles. The second-order valence-electron chi connectivity index (χ2n) is 5.40. The quantitative estimate of drug-likeness (QED) is 0.813. The molecule has 6 nitrogen and oxygen atoms in total. The number of ether oxygens (including phenoxy) is 2. The number of aromatic nitrogens is 2. The number of nitrogens with zero attached hydrogens (tertiary/aromatic N) is 3. The Hall–Kier alpha value is -1.76. The van der Waals surface area contributed by atoms with Crippen LogP contribution in [0.2, 0.25) is 0 Å². The van der Waals surface area contributed by atoms with Gasteiger partial charge >= 0.3 is 0 Å². The Morgan fingerprint density at radius 3 is 2.95 bits per heavy atom. The predicted molar refractivity (Wildman–Crippen MR) is 81.2 cm³/mol. The summed E-state index contributed by atoms with van der Waals surface area (Å²) >= 11 is 0. The average molecular weight is 303 g/mol. The summed E-state index contributed by atoms with van der Waals surface area (Å²) in [5.41, 5.74) is 1.10. The highest BCUT2D eigenvalue weighted by Crippen LogP contribution is 2.16. The molecular formula is C16H21N3O3. The van der Waals surface area contributed by atoms with Crippen LogP contribution in [0, 0.1) is 0 Å². The molecule has 0 unspecified atom stereocenters. The molecular weight excluding hydrogens is 282 g/mol. The highest BCUT2D eigenvalue weighted by molar-refractivity contribution is 5.45. The van der Waals surface area contributed by atoms with Gasteiger partial charge in [-0.3, -0.25) is 4.90 Å². The van der Waals surface area contributed by atoms with Crippen molar-refractivity contribution in [2.45, 2.75) is 19.1 Å². The van der Waals surface area contributed by atoms with E-state index in [1.165, 1.54) is 0 Å². The Morgan fingerprint density at radius 1 is 1.36 bits per heavy atom. The number of furan rings is 1. The number of hydrogen-bond acceptors (Lipinski definition) is 6. The van der Waals surface area contributed by atoms with Crippen molar-refractivity contribution in [3.63, 3.8) is 0 Å². The van der Waals surface area contributed by atoms with Crippen molar-refractivity contribution in [2.75, 3.05) is 33.4 Å². The standard InChI is InChI=1S/C16H21N3O3/c1-20-7-4-14-12-19(5-8-21-14)11-13-9-17-16(18-10-13)15-3-2-6-22-15/h2-3,6,9-10,14H,4-5,7-8,11-12H2,1H3/t14-/m0/s1. The summed E-state index contributed by atoms with van der Waals surface area (Å²) in [5.74, 6) is 1.31.